The van der Waals surface area contributed by atoms with Gasteiger partial charge in [0.2, 0.25) is 0 Å². The lowest BCUT2D eigenvalue weighted by Gasteiger charge is -2.20. The van der Waals surface area contributed by atoms with E-state index in [1.807, 2.05) is 0 Å². The van der Waals surface area contributed by atoms with Crippen LogP contribution >= 0.6 is 23.5 Å². The lowest BCUT2D eigenvalue weighted by molar-refractivity contribution is 0.356. The van der Waals surface area contributed by atoms with Crippen molar-refractivity contribution in [2.45, 2.75) is 89.6 Å². The highest BCUT2D eigenvalue weighted by Gasteiger charge is 2.13. The van der Waals surface area contributed by atoms with Crippen molar-refractivity contribution in [3.05, 3.63) is 0 Å². The summed E-state index contributed by atoms with van der Waals surface area (Å²) in [5, 5.41) is 0. The van der Waals surface area contributed by atoms with Crippen molar-refractivity contribution in [2.24, 2.45) is 5.41 Å². The maximum Gasteiger partial charge on any atom is 0.0502 e. The first-order chi connectivity index (χ1) is 9.08. The molecule has 0 saturated carbocycles. The molecule has 0 aromatic carbocycles. The van der Waals surface area contributed by atoms with Crippen molar-refractivity contribution < 1.29 is 0 Å². The molecule has 0 N–H and O–H groups in total. The van der Waals surface area contributed by atoms with Gasteiger partial charge in [0.05, 0.1) is 4.58 Å². The summed E-state index contributed by atoms with van der Waals surface area (Å²) in [6, 6.07) is 0. The molecule has 0 bridgehead atoms. The van der Waals surface area contributed by atoms with E-state index in [1.54, 1.807) is 0 Å². The van der Waals surface area contributed by atoms with Gasteiger partial charge in [-0.1, -0.05) is 65.7 Å². The van der Waals surface area contributed by atoms with E-state index in [2.05, 4.69) is 44.3 Å². The van der Waals surface area contributed by atoms with Crippen molar-refractivity contribution in [1.82, 2.24) is 0 Å². The number of thioether (sulfide) groups is 2. The van der Waals surface area contributed by atoms with Crippen molar-refractivity contribution in [1.29, 1.82) is 0 Å². The smallest absolute Gasteiger partial charge is 0.0502 e. The van der Waals surface area contributed by atoms with Gasteiger partial charge < -0.3 is 0 Å². The number of hydrogen-bond acceptors (Lipinski definition) is 2. The Morgan fingerprint density at radius 2 is 1.32 bits per heavy atom. The van der Waals surface area contributed by atoms with Crippen LogP contribution in [0.2, 0.25) is 0 Å². The molecule has 1 aliphatic rings. The molecule has 0 aliphatic carbocycles. The Hall–Kier alpha value is 0.700. The minimum absolute atomic E-state index is 0.537. The average molecular weight is 303 g/mol. The molecular weight excluding hydrogens is 268 g/mol. The van der Waals surface area contributed by atoms with Gasteiger partial charge in [0, 0.05) is 0 Å². The molecule has 1 fully saturated rings. The van der Waals surface area contributed by atoms with E-state index < -0.39 is 0 Å². The van der Waals surface area contributed by atoms with E-state index in [1.165, 1.54) is 75.7 Å². The van der Waals surface area contributed by atoms with Gasteiger partial charge in [0.1, 0.15) is 0 Å². The van der Waals surface area contributed by atoms with Gasteiger partial charge in [0.25, 0.3) is 0 Å². The summed E-state index contributed by atoms with van der Waals surface area (Å²) in [5.41, 5.74) is 0.537. The van der Waals surface area contributed by atoms with Crippen LogP contribution in [0.3, 0.4) is 0 Å². The Bertz CT molecular complexity index is 202. The molecule has 2 heteroatoms. The predicted molar refractivity (Wildman–Crippen MR) is 94.3 cm³/mol. The molecular formula is C17H34S2. The second-order valence-corrected chi connectivity index (χ2v) is 10.0. The predicted octanol–water partition coefficient (Wildman–Crippen LogP) is 6.74. The van der Waals surface area contributed by atoms with Crippen LogP contribution in [0.25, 0.3) is 0 Å². The van der Waals surface area contributed by atoms with Gasteiger partial charge in [0.15, 0.2) is 0 Å². The number of rotatable bonds is 9. The Labute approximate surface area is 130 Å². The van der Waals surface area contributed by atoms with Gasteiger partial charge in [-0.2, -0.15) is 0 Å². The number of unbranched alkanes of at least 4 members (excludes halogenated alkanes) is 6. The van der Waals surface area contributed by atoms with Crippen molar-refractivity contribution in [3.8, 4) is 0 Å². The molecule has 0 aromatic rings. The van der Waals surface area contributed by atoms with Crippen molar-refractivity contribution >= 4 is 23.5 Å². The Kier molecular flexibility index (Phi) is 9.74. The third kappa shape index (κ3) is 11.1. The molecule has 19 heavy (non-hydrogen) atoms. The van der Waals surface area contributed by atoms with E-state index in [0.29, 0.717) is 5.41 Å². The highest BCUT2D eigenvalue weighted by atomic mass is 32.2. The van der Waals surface area contributed by atoms with Crippen molar-refractivity contribution in [2.75, 3.05) is 11.5 Å². The minimum atomic E-state index is 0.537. The second kappa shape index (κ2) is 10.4. The van der Waals surface area contributed by atoms with Crippen LogP contribution in [0.5, 0.6) is 0 Å². The molecule has 0 unspecified atom stereocenters. The molecule has 1 heterocycles. The molecule has 1 saturated heterocycles. The van der Waals surface area contributed by atoms with Crippen LogP contribution in [-0.2, 0) is 0 Å². The minimum Gasteiger partial charge on any atom is -0.148 e. The van der Waals surface area contributed by atoms with E-state index in [-0.39, 0.29) is 0 Å². The average Bonchev–Trinajstić information content (AvgIpc) is 2.37. The summed E-state index contributed by atoms with van der Waals surface area (Å²) in [6.45, 7) is 7.07. The van der Waals surface area contributed by atoms with Gasteiger partial charge in [-0.3, -0.25) is 0 Å². The quantitative estimate of drug-likeness (QED) is 0.432. The zero-order valence-corrected chi connectivity index (χ0v) is 15.0. The topological polar surface area (TPSA) is 0 Å². The van der Waals surface area contributed by atoms with Gasteiger partial charge >= 0.3 is 0 Å². The van der Waals surface area contributed by atoms with E-state index in [4.69, 9.17) is 0 Å². The van der Waals surface area contributed by atoms with Crippen LogP contribution in [0, 0.1) is 5.41 Å². The zero-order valence-electron chi connectivity index (χ0n) is 13.4. The summed E-state index contributed by atoms with van der Waals surface area (Å²) >= 11 is 4.41. The van der Waals surface area contributed by atoms with Gasteiger partial charge in [-0.05, 0) is 36.2 Å². The first kappa shape index (κ1) is 17.8. The first-order valence-corrected chi connectivity index (χ1v) is 10.4. The highest BCUT2D eigenvalue weighted by Crippen LogP contribution is 2.34. The standard InChI is InChI=1S/C17H34S2/c1-17(2,3)13-10-8-6-4-5-7-9-12-16-18-14-11-15-19-16/h16H,4-15H2,1-3H3. The molecule has 1 rings (SSSR count). The Morgan fingerprint density at radius 3 is 1.89 bits per heavy atom. The third-order valence-corrected chi connectivity index (χ3v) is 6.84. The van der Waals surface area contributed by atoms with E-state index in [9.17, 15) is 0 Å². The molecule has 0 spiro atoms. The molecule has 0 radical (unpaired) electrons. The summed E-state index contributed by atoms with van der Waals surface area (Å²) in [6.07, 6.45) is 14.5. The second-order valence-electron chi connectivity index (χ2n) is 7.10. The van der Waals surface area contributed by atoms with Crippen LogP contribution in [0.15, 0.2) is 0 Å². The fourth-order valence-electron chi connectivity index (χ4n) is 2.55. The van der Waals surface area contributed by atoms with Crippen LogP contribution in [-0.4, -0.2) is 16.1 Å². The highest BCUT2D eigenvalue weighted by molar-refractivity contribution is 8.17. The normalized spacial score (nSPS) is 17.8. The molecule has 114 valence electrons. The fraction of sp³-hybridized carbons (Fsp3) is 1.00. The van der Waals surface area contributed by atoms with E-state index >= 15 is 0 Å². The summed E-state index contributed by atoms with van der Waals surface area (Å²) < 4.78 is 0.931. The first-order valence-electron chi connectivity index (χ1n) is 8.31. The molecule has 1 aliphatic heterocycles. The lowest BCUT2D eigenvalue weighted by Crippen LogP contribution is -2.06. The van der Waals surface area contributed by atoms with Crippen LogP contribution in [0.4, 0.5) is 0 Å². The number of hydrogen-bond donors (Lipinski definition) is 0. The zero-order chi connectivity index (χ0) is 14.0. The van der Waals surface area contributed by atoms with E-state index in [0.717, 1.165) is 4.58 Å². The maximum absolute atomic E-state index is 2.36. The monoisotopic (exact) mass is 302 g/mol. The summed E-state index contributed by atoms with van der Waals surface area (Å²) in [7, 11) is 0. The molecule has 0 aromatic heterocycles. The van der Waals surface area contributed by atoms with Gasteiger partial charge in [-0.25, -0.2) is 0 Å². The van der Waals surface area contributed by atoms with Crippen LogP contribution < -0.4 is 0 Å². The Balaban J connectivity index is 1.78. The molecule has 0 amide bonds. The fourth-order valence-corrected chi connectivity index (χ4v) is 5.51. The van der Waals surface area contributed by atoms with Crippen molar-refractivity contribution in [3.63, 3.8) is 0 Å². The summed E-state index contributed by atoms with van der Waals surface area (Å²) in [5.74, 6) is 2.82. The molecule has 0 nitrogen and oxygen atoms in total. The van der Waals surface area contributed by atoms with Gasteiger partial charge in [-0.15, -0.1) is 23.5 Å². The Morgan fingerprint density at radius 1 is 0.789 bits per heavy atom. The lowest BCUT2D eigenvalue weighted by atomic mass is 9.89. The third-order valence-electron chi connectivity index (χ3n) is 3.76. The molecule has 0 atom stereocenters. The maximum atomic E-state index is 2.36. The van der Waals surface area contributed by atoms with Crippen LogP contribution in [0.1, 0.15) is 85.0 Å². The largest absolute Gasteiger partial charge is 0.148 e. The SMILES string of the molecule is CC(C)(C)CCCCCCCCCC1SCCCS1. The summed E-state index contributed by atoms with van der Waals surface area (Å²) in [4.78, 5) is 0.